The molecule has 0 fully saturated rings. The predicted molar refractivity (Wildman–Crippen MR) is 85.1 cm³/mol. The molecule has 1 aromatic heterocycles. The molecule has 4 nitrogen and oxygen atoms in total. The number of hydrogen-bond donors (Lipinski definition) is 1. The number of carbonyl (C=O) groups is 1. The van der Waals surface area contributed by atoms with Crippen molar-refractivity contribution in [1.29, 1.82) is 0 Å². The average Bonchev–Trinajstić information content (AvgIpc) is 2.38. The van der Waals surface area contributed by atoms with Gasteiger partial charge in [0.1, 0.15) is 5.82 Å². The number of carbonyl (C=O) groups excluding carboxylic acids is 1. The second-order valence-corrected chi connectivity index (χ2v) is 5.43. The van der Waals surface area contributed by atoms with Gasteiger partial charge in [-0.25, -0.2) is 4.98 Å². The summed E-state index contributed by atoms with van der Waals surface area (Å²) in [5, 5.41) is 2.82. The van der Waals surface area contributed by atoms with E-state index in [1.807, 2.05) is 37.1 Å². The Hall–Kier alpha value is -2.20. The maximum absolute atomic E-state index is 12.0. The molecule has 0 aliphatic heterocycles. The smallest absolute Gasteiger partial charge is 0.239 e. The van der Waals surface area contributed by atoms with Crippen LogP contribution in [-0.4, -0.2) is 29.4 Å². The molecule has 0 unspecified atom stereocenters. The van der Waals surface area contributed by atoms with E-state index in [1.165, 1.54) is 11.1 Å². The summed E-state index contributed by atoms with van der Waals surface area (Å²) in [4.78, 5) is 18.1. The number of hydrogen-bond acceptors (Lipinski definition) is 3. The Kier molecular flexibility index (Phi) is 5.06. The summed E-state index contributed by atoms with van der Waals surface area (Å²) in [5.41, 5.74) is 3.52. The van der Waals surface area contributed by atoms with Crippen LogP contribution in [0, 0.1) is 13.8 Å². The summed E-state index contributed by atoms with van der Waals surface area (Å²) in [7, 11) is 1.94. The van der Waals surface area contributed by atoms with Crippen LogP contribution in [-0.2, 0) is 11.3 Å². The van der Waals surface area contributed by atoms with Gasteiger partial charge in [0.05, 0.1) is 6.54 Å². The second kappa shape index (κ2) is 6.99. The highest BCUT2D eigenvalue weighted by Crippen LogP contribution is 2.08. The Labute approximate surface area is 125 Å². The number of amides is 1. The van der Waals surface area contributed by atoms with Crippen molar-refractivity contribution in [2.75, 3.05) is 18.9 Å². The van der Waals surface area contributed by atoms with Gasteiger partial charge in [0, 0.05) is 12.7 Å². The molecule has 0 bridgehead atoms. The zero-order chi connectivity index (χ0) is 15.2. The van der Waals surface area contributed by atoms with Gasteiger partial charge in [0.2, 0.25) is 5.91 Å². The minimum atomic E-state index is -0.0525. The highest BCUT2D eigenvalue weighted by Gasteiger charge is 2.08. The molecule has 0 saturated heterocycles. The first-order chi connectivity index (χ1) is 10.0. The lowest BCUT2D eigenvalue weighted by Gasteiger charge is -2.16. The van der Waals surface area contributed by atoms with Gasteiger partial charge >= 0.3 is 0 Å². The van der Waals surface area contributed by atoms with Crippen LogP contribution in [0.2, 0.25) is 0 Å². The van der Waals surface area contributed by atoms with E-state index >= 15 is 0 Å². The van der Waals surface area contributed by atoms with Crippen LogP contribution in [0.25, 0.3) is 0 Å². The topological polar surface area (TPSA) is 45.2 Å². The molecule has 1 heterocycles. The van der Waals surface area contributed by atoms with Crippen LogP contribution in [0.15, 0.2) is 42.6 Å². The van der Waals surface area contributed by atoms with Crippen molar-refractivity contribution in [1.82, 2.24) is 9.88 Å². The number of aromatic nitrogens is 1. The Morgan fingerprint density at radius 3 is 2.67 bits per heavy atom. The van der Waals surface area contributed by atoms with E-state index in [0.717, 1.165) is 12.1 Å². The first kappa shape index (κ1) is 15.2. The summed E-state index contributed by atoms with van der Waals surface area (Å²) in [6.07, 6.45) is 1.70. The summed E-state index contributed by atoms with van der Waals surface area (Å²) >= 11 is 0. The lowest BCUT2D eigenvalue weighted by atomic mass is 10.1. The van der Waals surface area contributed by atoms with E-state index in [9.17, 15) is 4.79 Å². The summed E-state index contributed by atoms with van der Waals surface area (Å²) in [6, 6.07) is 12.1. The predicted octanol–water partition coefficient (Wildman–Crippen LogP) is 2.77. The fourth-order valence-electron chi connectivity index (χ4n) is 2.21. The van der Waals surface area contributed by atoms with Crippen LogP contribution in [0.5, 0.6) is 0 Å². The molecular formula is C17H21N3O. The van der Waals surface area contributed by atoms with Crippen LogP contribution < -0.4 is 5.32 Å². The first-order valence-electron chi connectivity index (χ1n) is 6.99. The van der Waals surface area contributed by atoms with E-state index < -0.39 is 0 Å². The van der Waals surface area contributed by atoms with Gasteiger partial charge in [-0.1, -0.05) is 29.8 Å². The number of rotatable bonds is 5. The fraction of sp³-hybridized carbons (Fsp3) is 0.294. The van der Waals surface area contributed by atoms with Gasteiger partial charge in [-0.15, -0.1) is 0 Å². The molecule has 1 amide bonds. The maximum Gasteiger partial charge on any atom is 0.239 e. The zero-order valence-corrected chi connectivity index (χ0v) is 12.8. The number of nitrogens with one attached hydrogen (secondary N) is 1. The van der Waals surface area contributed by atoms with Gasteiger partial charge in [-0.05, 0) is 44.2 Å². The number of likely N-dealkylation sites (N-methyl/N-ethyl adjacent to an activating group) is 1. The minimum absolute atomic E-state index is 0.0525. The van der Waals surface area contributed by atoms with Crippen LogP contribution in [0.1, 0.15) is 16.7 Å². The van der Waals surface area contributed by atoms with Gasteiger partial charge in [0.15, 0.2) is 0 Å². The highest BCUT2D eigenvalue weighted by molar-refractivity contribution is 5.91. The van der Waals surface area contributed by atoms with Crippen molar-refractivity contribution < 1.29 is 4.79 Å². The van der Waals surface area contributed by atoms with Crippen molar-refractivity contribution in [2.24, 2.45) is 0 Å². The largest absolute Gasteiger partial charge is 0.310 e. The average molecular weight is 283 g/mol. The molecule has 21 heavy (non-hydrogen) atoms. The second-order valence-electron chi connectivity index (χ2n) is 5.43. The van der Waals surface area contributed by atoms with Crippen LogP contribution >= 0.6 is 0 Å². The molecule has 2 rings (SSSR count). The number of aryl methyl sites for hydroxylation is 2. The summed E-state index contributed by atoms with van der Waals surface area (Å²) in [5.74, 6) is 0.548. The molecule has 110 valence electrons. The molecule has 0 aliphatic rings. The molecule has 2 aromatic rings. The number of anilines is 1. The molecule has 0 saturated carbocycles. The fourth-order valence-corrected chi connectivity index (χ4v) is 2.21. The van der Waals surface area contributed by atoms with Gasteiger partial charge < -0.3 is 5.32 Å². The van der Waals surface area contributed by atoms with Crippen molar-refractivity contribution in [3.05, 3.63) is 59.3 Å². The minimum Gasteiger partial charge on any atom is -0.310 e. The Balaban J connectivity index is 1.87. The van der Waals surface area contributed by atoms with E-state index in [4.69, 9.17) is 0 Å². The van der Waals surface area contributed by atoms with Crippen molar-refractivity contribution in [2.45, 2.75) is 20.4 Å². The Morgan fingerprint density at radius 1 is 1.19 bits per heavy atom. The lowest BCUT2D eigenvalue weighted by Crippen LogP contribution is -2.30. The number of nitrogens with zero attached hydrogens (tertiary/aromatic N) is 2. The molecule has 1 N–H and O–H groups in total. The van der Waals surface area contributed by atoms with E-state index in [2.05, 4.69) is 35.4 Å². The molecule has 0 atom stereocenters. The van der Waals surface area contributed by atoms with Crippen LogP contribution in [0.3, 0.4) is 0 Å². The van der Waals surface area contributed by atoms with E-state index in [0.29, 0.717) is 12.4 Å². The summed E-state index contributed by atoms with van der Waals surface area (Å²) < 4.78 is 0. The molecule has 0 aliphatic carbocycles. The SMILES string of the molecule is Cc1cccc(CN(C)CC(=O)Nc2cc(C)ccn2)c1. The van der Waals surface area contributed by atoms with Crippen molar-refractivity contribution in [3.63, 3.8) is 0 Å². The Bertz CT molecular complexity index is 625. The van der Waals surface area contributed by atoms with E-state index in [1.54, 1.807) is 6.20 Å². The molecule has 0 radical (unpaired) electrons. The standard InChI is InChI=1S/C17H21N3O/c1-13-5-4-6-15(9-13)11-20(3)12-17(21)19-16-10-14(2)7-8-18-16/h4-10H,11-12H2,1-3H3,(H,18,19,21). The molecule has 1 aromatic carbocycles. The maximum atomic E-state index is 12.0. The van der Waals surface area contributed by atoms with Crippen molar-refractivity contribution in [3.8, 4) is 0 Å². The van der Waals surface area contributed by atoms with Crippen LogP contribution in [0.4, 0.5) is 5.82 Å². The zero-order valence-electron chi connectivity index (χ0n) is 12.8. The number of benzene rings is 1. The normalized spacial score (nSPS) is 10.7. The molecular weight excluding hydrogens is 262 g/mol. The molecule has 0 spiro atoms. The van der Waals surface area contributed by atoms with Gasteiger partial charge in [-0.3, -0.25) is 9.69 Å². The highest BCUT2D eigenvalue weighted by atomic mass is 16.2. The third-order valence-corrected chi connectivity index (χ3v) is 3.13. The van der Waals surface area contributed by atoms with Gasteiger partial charge in [0.25, 0.3) is 0 Å². The van der Waals surface area contributed by atoms with E-state index in [-0.39, 0.29) is 5.91 Å². The Morgan fingerprint density at radius 2 is 1.95 bits per heavy atom. The van der Waals surface area contributed by atoms with Gasteiger partial charge in [-0.2, -0.15) is 0 Å². The third-order valence-electron chi connectivity index (χ3n) is 3.13. The molecule has 4 heteroatoms. The summed E-state index contributed by atoms with van der Waals surface area (Å²) in [6.45, 7) is 5.13. The number of pyridine rings is 1. The third kappa shape index (κ3) is 5.00. The van der Waals surface area contributed by atoms with Crippen molar-refractivity contribution >= 4 is 11.7 Å². The quantitative estimate of drug-likeness (QED) is 0.917. The first-order valence-corrected chi connectivity index (χ1v) is 6.99. The monoisotopic (exact) mass is 283 g/mol. The lowest BCUT2D eigenvalue weighted by molar-refractivity contribution is -0.117.